The number of nitrogens with zero attached hydrogens (tertiary/aromatic N) is 5. The lowest BCUT2D eigenvalue weighted by Gasteiger charge is -2.32. The molecule has 0 bridgehead atoms. The van der Waals surface area contributed by atoms with Crippen LogP contribution in [0.4, 0.5) is 4.39 Å². The Hall–Kier alpha value is -1.82. The fourth-order valence-electron chi connectivity index (χ4n) is 3.39. The summed E-state index contributed by atoms with van der Waals surface area (Å²) in [5.74, 6) is 0.609. The van der Waals surface area contributed by atoms with Crippen molar-refractivity contribution in [3.8, 4) is 0 Å². The summed E-state index contributed by atoms with van der Waals surface area (Å²) < 4.78 is 15.5. The van der Waals surface area contributed by atoms with Crippen LogP contribution in [0.5, 0.6) is 0 Å². The van der Waals surface area contributed by atoms with Crippen LogP contribution in [0.25, 0.3) is 0 Å². The predicted octanol–water partition coefficient (Wildman–Crippen LogP) is 2.55. The molecule has 1 aromatic carbocycles. The molecule has 0 amide bonds. The third-order valence-electron chi connectivity index (χ3n) is 4.64. The Morgan fingerprint density at radius 2 is 2.13 bits per heavy atom. The molecule has 1 aliphatic rings. The molecule has 0 N–H and O–H groups in total. The first-order valence-electron chi connectivity index (χ1n) is 8.48. The monoisotopic (exact) mass is 317 g/mol. The Morgan fingerprint density at radius 3 is 2.96 bits per heavy atom. The standard InChI is InChI=1S/C17H24FN5/c18-17-7-2-1-6-16(17)9-8-15-5-3-10-22(13-15)11-4-12-23-14-19-20-21-23/h1-2,6-7,14-15H,3-5,8-13H2/t15-/m0/s1. The Kier molecular flexibility index (Phi) is 5.69. The number of aromatic nitrogens is 4. The molecule has 1 saturated heterocycles. The number of aryl methyl sites for hydroxylation is 2. The number of hydrogen-bond donors (Lipinski definition) is 0. The van der Waals surface area contributed by atoms with Gasteiger partial charge in [-0.25, -0.2) is 9.07 Å². The van der Waals surface area contributed by atoms with E-state index < -0.39 is 0 Å². The van der Waals surface area contributed by atoms with E-state index in [1.807, 2.05) is 12.1 Å². The fourth-order valence-corrected chi connectivity index (χ4v) is 3.39. The van der Waals surface area contributed by atoms with Crippen LogP contribution in [-0.4, -0.2) is 44.7 Å². The molecule has 1 aromatic heterocycles. The van der Waals surface area contributed by atoms with E-state index in [4.69, 9.17) is 0 Å². The first-order valence-corrected chi connectivity index (χ1v) is 8.48. The molecule has 6 heteroatoms. The summed E-state index contributed by atoms with van der Waals surface area (Å²) in [6, 6.07) is 7.14. The number of benzene rings is 1. The highest BCUT2D eigenvalue weighted by molar-refractivity contribution is 5.17. The van der Waals surface area contributed by atoms with Crippen molar-refractivity contribution in [3.63, 3.8) is 0 Å². The normalized spacial score (nSPS) is 19.1. The van der Waals surface area contributed by atoms with Crippen molar-refractivity contribution >= 4 is 0 Å². The molecule has 3 rings (SSSR count). The summed E-state index contributed by atoms with van der Waals surface area (Å²) in [5.41, 5.74) is 0.850. The van der Waals surface area contributed by atoms with Crippen molar-refractivity contribution < 1.29 is 4.39 Å². The fraction of sp³-hybridized carbons (Fsp3) is 0.588. The van der Waals surface area contributed by atoms with Crippen LogP contribution in [0, 0.1) is 11.7 Å². The van der Waals surface area contributed by atoms with Crippen LogP contribution < -0.4 is 0 Å². The van der Waals surface area contributed by atoms with Gasteiger partial charge in [0.05, 0.1) is 0 Å². The molecule has 5 nitrogen and oxygen atoms in total. The SMILES string of the molecule is Fc1ccccc1CC[C@@H]1CCCN(CCCn2cnnn2)C1. The summed E-state index contributed by atoms with van der Waals surface area (Å²) >= 11 is 0. The minimum Gasteiger partial charge on any atom is -0.303 e. The van der Waals surface area contributed by atoms with Gasteiger partial charge in [0.25, 0.3) is 0 Å². The van der Waals surface area contributed by atoms with Gasteiger partial charge in [-0.05, 0) is 73.2 Å². The Bertz CT molecular complexity index is 586. The number of piperidine rings is 1. The largest absolute Gasteiger partial charge is 0.303 e. The van der Waals surface area contributed by atoms with Crippen molar-refractivity contribution in [2.24, 2.45) is 5.92 Å². The maximum absolute atomic E-state index is 13.7. The maximum Gasteiger partial charge on any atom is 0.138 e. The van der Waals surface area contributed by atoms with E-state index in [2.05, 4.69) is 20.4 Å². The highest BCUT2D eigenvalue weighted by Gasteiger charge is 2.19. The highest BCUT2D eigenvalue weighted by atomic mass is 19.1. The van der Waals surface area contributed by atoms with Crippen LogP contribution in [0.3, 0.4) is 0 Å². The third kappa shape index (κ3) is 4.82. The number of tetrazole rings is 1. The first-order chi connectivity index (χ1) is 11.3. The molecular weight excluding hydrogens is 293 g/mol. The summed E-state index contributed by atoms with van der Waals surface area (Å²) in [5, 5.41) is 11.2. The van der Waals surface area contributed by atoms with E-state index in [0.717, 1.165) is 44.5 Å². The Labute approximate surface area is 136 Å². The molecule has 1 fully saturated rings. The van der Waals surface area contributed by atoms with Crippen LogP contribution in [0.1, 0.15) is 31.2 Å². The average Bonchev–Trinajstić information content (AvgIpc) is 3.08. The van der Waals surface area contributed by atoms with Crippen LogP contribution in [-0.2, 0) is 13.0 Å². The van der Waals surface area contributed by atoms with E-state index in [0.29, 0.717) is 5.92 Å². The Morgan fingerprint density at radius 1 is 1.22 bits per heavy atom. The number of rotatable bonds is 7. The van der Waals surface area contributed by atoms with E-state index in [-0.39, 0.29) is 5.82 Å². The molecule has 23 heavy (non-hydrogen) atoms. The van der Waals surface area contributed by atoms with Gasteiger partial charge >= 0.3 is 0 Å². The zero-order valence-corrected chi connectivity index (χ0v) is 13.4. The number of halogens is 1. The lowest BCUT2D eigenvalue weighted by molar-refractivity contribution is 0.164. The van der Waals surface area contributed by atoms with Gasteiger partial charge in [0.15, 0.2) is 0 Å². The van der Waals surface area contributed by atoms with Gasteiger partial charge in [0, 0.05) is 13.1 Å². The number of hydrogen-bond acceptors (Lipinski definition) is 4. The van der Waals surface area contributed by atoms with Gasteiger partial charge in [-0.3, -0.25) is 0 Å². The third-order valence-corrected chi connectivity index (χ3v) is 4.64. The summed E-state index contributed by atoms with van der Waals surface area (Å²) in [4.78, 5) is 2.53. The van der Waals surface area contributed by atoms with E-state index in [1.165, 1.54) is 19.4 Å². The van der Waals surface area contributed by atoms with Crippen LogP contribution in [0.15, 0.2) is 30.6 Å². The summed E-state index contributed by atoms with van der Waals surface area (Å²) in [6.07, 6.45) is 7.14. The summed E-state index contributed by atoms with van der Waals surface area (Å²) in [6.45, 7) is 4.25. The number of likely N-dealkylation sites (tertiary alicyclic amines) is 1. The molecule has 0 aliphatic carbocycles. The van der Waals surface area contributed by atoms with Crippen molar-refractivity contribution in [2.75, 3.05) is 19.6 Å². The first kappa shape index (κ1) is 16.1. The summed E-state index contributed by atoms with van der Waals surface area (Å²) in [7, 11) is 0. The minimum atomic E-state index is -0.0680. The van der Waals surface area contributed by atoms with Crippen molar-refractivity contribution in [1.82, 2.24) is 25.1 Å². The molecule has 1 aliphatic heterocycles. The van der Waals surface area contributed by atoms with Crippen LogP contribution in [0.2, 0.25) is 0 Å². The predicted molar refractivity (Wildman–Crippen MR) is 86.3 cm³/mol. The second kappa shape index (κ2) is 8.15. The van der Waals surface area contributed by atoms with Crippen molar-refractivity contribution in [2.45, 2.75) is 38.6 Å². The molecule has 0 unspecified atom stereocenters. The van der Waals surface area contributed by atoms with Crippen LogP contribution >= 0.6 is 0 Å². The highest BCUT2D eigenvalue weighted by Crippen LogP contribution is 2.22. The van der Waals surface area contributed by atoms with Crippen molar-refractivity contribution in [1.29, 1.82) is 0 Å². The smallest absolute Gasteiger partial charge is 0.138 e. The van der Waals surface area contributed by atoms with Gasteiger partial charge < -0.3 is 4.90 Å². The van der Waals surface area contributed by atoms with E-state index >= 15 is 0 Å². The van der Waals surface area contributed by atoms with E-state index in [1.54, 1.807) is 23.1 Å². The minimum absolute atomic E-state index is 0.0680. The van der Waals surface area contributed by atoms with Crippen molar-refractivity contribution in [3.05, 3.63) is 42.0 Å². The molecular formula is C17H24FN5. The average molecular weight is 317 g/mol. The quantitative estimate of drug-likeness (QED) is 0.787. The van der Waals surface area contributed by atoms with E-state index in [9.17, 15) is 4.39 Å². The Balaban J connectivity index is 1.40. The van der Waals surface area contributed by atoms with Gasteiger partial charge in [-0.1, -0.05) is 18.2 Å². The molecule has 2 heterocycles. The second-order valence-corrected chi connectivity index (χ2v) is 6.37. The molecule has 0 spiro atoms. The topological polar surface area (TPSA) is 46.8 Å². The van der Waals surface area contributed by atoms with Gasteiger partial charge in [-0.15, -0.1) is 5.10 Å². The molecule has 124 valence electrons. The lowest BCUT2D eigenvalue weighted by atomic mass is 9.91. The molecule has 1 atom stereocenters. The second-order valence-electron chi connectivity index (χ2n) is 6.37. The maximum atomic E-state index is 13.7. The van der Waals surface area contributed by atoms with Gasteiger partial charge in [0.1, 0.15) is 12.1 Å². The van der Waals surface area contributed by atoms with Gasteiger partial charge in [-0.2, -0.15) is 0 Å². The zero-order valence-electron chi connectivity index (χ0n) is 13.4. The molecule has 0 radical (unpaired) electrons. The molecule has 0 saturated carbocycles. The molecule has 2 aromatic rings. The zero-order chi connectivity index (χ0) is 15.9. The lowest BCUT2D eigenvalue weighted by Crippen LogP contribution is -2.36. The van der Waals surface area contributed by atoms with Gasteiger partial charge in [0.2, 0.25) is 0 Å².